The second-order valence-electron chi connectivity index (χ2n) is 3.84. The van der Waals surface area contributed by atoms with Gasteiger partial charge in [-0.05, 0) is 24.1 Å². The van der Waals surface area contributed by atoms with Gasteiger partial charge in [0.25, 0.3) is 5.91 Å². The molecule has 1 rings (SSSR count). The first-order chi connectivity index (χ1) is 8.26. The predicted octanol–water partition coefficient (Wildman–Crippen LogP) is 1.44. The van der Waals surface area contributed by atoms with E-state index in [4.69, 9.17) is 10.5 Å². The SMILES string of the molecule is CCCCNC(=O)COc1ccc(CN)cc1. The Morgan fingerprint density at radius 2 is 2.06 bits per heavy atom. The zero-order valence-electron chi connectivity index (χ0n) is 10.2. The van der Waals surface area contributed by atoms with Crippen molar-refractivity contribution in [2.24, 2.45) is 5.73 Å². The van der Waals surface area contributed by atoms with E-state index < -0.39 is 0 Å². The Bertz CT molecular complexity index is 336. The molecule has 0 aromatic heterocycles. The van der Waals surface area contributed by atoms with Crippen molar-refractivity contribution in [1.29, 1.82) is 0 Å². The fraction of sp³-hybridized carbons (Fsp3) is 0.462. The highest BCUT2D eigenvalue weighted by Crippen LogP contribution is 2.11. The van der Waals surface area contributed by atoms with Gasteiger partial charge in [0.15, 0.2) is 6.61 Å². The topological polar surface area (TPSA) is 64.3 Å². The number of carbonyl (C=O) groups excluding carboxylic acids is 1. The van der Waals surface area contributed by atoms with E-state index in [2.05, 4.69) is 12.2 Å². The van der Waals surface area contributed by atoms with E-state index in [-0.39, 0.29) is 12.5 Å². The fourth-order valence-electron chi connectivity index (χ4n) is 1.33. The van der Waals surface area contributed by atoms with Crippen molar-refractivity contribution in [2.45, 2.75) is 26.3 Å². The number of hydrogen-bond donors (Lipinski definition) is 2. The maximum Gasteiger partial charge on any atom is 0.257 e. The lowest BCUT2D eigenvalue weighted by molar-refractivity contribution is -0.123. The van der Waals surface area contributed by atoms with Gasteiger partial charge in [-0.25, -0.2) is 0 Å². The molecule has 17 heavy (non-hydrogen) atoms. The van der Waals surface area contributed by atoms with Crippen LogP contribution in [0.2, 0.25) is 0 Å². The molecule has 4 nitrogen and oxygen atoms in total. The number of ether oxygens (including phenoxy) is 1. The molecule has 0 aliphatic rings. The van der Waals surface area contributed by atoms with Crippen molar-refractivity contribution >= 4 is 5.91 Å². The van der Waals surface area contributed by atoms with E-state index in [0.29, 0.717) is 18.8 Å². The molecule has 0 aliphatic heterocycles. The summed E-state index contributed by atoms with van der Waals surface area (Å²) in [4.78, 5) is 11.4. The molecule has 0 saturated heterocycles. The van der Waals surface area contributed by atoms with Crippen LogP contribution in [-0.2, 0) is 11.3 Å². The molecule has 0 heterocycles. The Labute approximate surface area is 102 Å². The van der Waals surface area contributed by atoms with E-state index in [0.717, 1.165) is 18.4 Å². The minimum atomic E-state index is -0.0821. The van der Waals surface area contributed by atoms with Crippen LogP contribution in [0.1, 0.15) is 25.3 Å². The first-order valence-corrected chi connectivity index (χ1v) is 5.94. The third kappa shape index (κ3) is 5.36. The van der Waals surface area contributed by atoms with Crippen LogP contribution in [0.4, 0.5) is 0 Å². The Morgan fingerprint density at radius 3 is 2.65 bits per heavy atom. The molecule has 94 valence electrons. The second kappa shape index (κ2) is 7.68. The van der Waals surface area contributed by atoms with Crippen LogP contribution < -0.4 is 15.8 Å². The van der Waals surface area contributed by atoms with E-state index >= 15 is 0 Å². The Kier molecular flexibility index (Phi) is 6.10. The van der Waals surface area contributed by atoms with Crippen LogP contribution in [0.15, 0.2) is 24.3 Å². The molecule has 4 heteroatoms. The van der Waals surface area contributed by atoms with Crippen molar-refractivity contribution in [3.05, 3.63) is 29.8 Å². The molecule has 0 fully saturated rings. The normalized spacial score (nSPS) is 10.0. The largest absolute Gasteiger partial charge is 0.484 e. The van der Waals surface area contributed by atoms with Crippen molar-refractivity contribution in [3.63, 3.8) is 0 Å². The number of nitrogens with two attached hydrogens (primary N) is 1. The first kappa shape index (κ1) is 13.5. The molecule has 0 saturated carbocycles. The van der Waals surface area contributed by atoms with Gasteiger partial charge in [-0.3, -0.25) is 4.79 Å². The summed E-state index contributed by atoms with van der Waals surface area (Å²) < 4.78 is 5.35. The third-order valence-electron chi connectivity index (χ3n) is 2.38. The first-order valence-electron chi connectivity index (χ1n) is 5.94. The summed E-state index contributed by atoms with van der Waals surface area (Å²) in [5.41, 5.74) is 6.53. The molecule has 0 unspecified atom stereocenters. The number of benzene rings is 1. The highest BCUT2D eigenvalue weighted by molar-refractivity contribution is 5.77. The van der Waals surface area contributed by atoms with Gasteiger partial charge in [0.05, 0.1) is 0 Å². The average Bonchev–Trinajstić information content (AvgIpc) is 2.37. The predicted molar refractivity (Wildman–Crippen MR) is 67.7 cm³/mol. The highest BCUT2D eigenvalue weighted by Gasteiger charge is 2.01. The number of rotatable bonds is 7. The highest BCUT2D eigenvalue weighted by atomic mass is 16.5. The van der Waals surface area contributed by atoms with E-state index in [1.165, 1.54) is 0 Å². The number of unbranched alkanes of at least 4 members (excludes halogenated alkanes) is 1. The summed E-state index contributed by atoms with van der Waals surface area (Å²) in [7, 11) is 0. The van der Waals surface area contributed by atoms with Gasteiger partial charge in [-0.1, -0.05) is 25.5 Å². The monoisotopic (exact) mass is 236 g/mol. The van der Waals surface area contributed by atoms with E-state index in [1.54, 1.807) is 0 Å². The lowest BCUT2D eigenvalue weighted by Crippen LogP contribution is -2.29. The zero-order valence-corrected chi connectivity index (χ0v) is 10.2. The van der Waals surface area contributed by atoms with Gasteiger partial charge in [0.2, 0.25) is 0 Å². The van der Waals surface area contributed by atoms with Crippen LogP contribution in [0, 0.1) is 0 Å². The Hall–Kier alpha value is -1.55. The molecule has 0 bridgehead atoms. The molecular weight excluding hydrogens is 216 g/mol. The molecule has 1 aromatic rings. The van der Waals surface area contributed by atoms with Gasteiger partial charge >= 0.3 is 0 Å². The van der Waals surface area contributed by atoms with Gasteiger partial charge in [0, 0.05) is 13.1 Å². The lowest BCUT2D eigenvalue weighted by Gasteiger charge is -2.07. The summed E-state index contributed by atoms with van der Waals surface area (Å²) in [5, 5.41) is 2.79. The maximum absolute atomic E-state index is 11.4. The van der Waals surface area contributed by atoms with E-state index in [1.807, 2.05) is 24.3 Å². The molecule has 0 aliphatic carbocycles. The van der Waals surface area contributed by atoms with Crippen molar-refractivity contribution in [1.82, 2.24) is 5.32 Å². The lowest BCUT2D eigenvalue weighted by atomic mass is 10.2. The van der Waals surface area contributed by atoms with Crippen LogP contribution in [0.3, 0.4) is 0 Å². The third-order valence-corrected chi connectivity index (χ3v) is 2.38. The Morgan fingerprint density at radius 1 is 1.35 bits per heavy atom. The van der Waals surface area contributed by atoms with Gasteiger partial charge < -0.3 is 15.8 Å². The molecule has 1 amide bonds. The standard InChI is InChI=1S/C13H20N2O2/c1-2-3-8-15-13(16)10-17-12-6-4-11(9-14)5-7-12/h4-7H,2-3,8-10,14H2,1H3,(H,15,16). The van der Waals surface area contributed by atoms with E-state index in [9.17, 15) is 4.79 Å². The maximum atomic E-state index is 11.4. The summed E-state index contributed by atoms with van der Waals surface area (Å²) in [6.07, 6.45) is 2.07. The zero-order chi connectivity index (χ0) is 12.5. The summed E-state index contributed by atoms with van der Waals surface area (Å²) in [5.74, 6) is 0.606. The number of amides is 1. The molecule has 1 aromatic carbocycles. The van der Waals surface area contributed by atoms with Crippen LogP contribution in [0.5, 0.6) is 5.75 Å². The molecule has 3 N–H and O–H groups in total. The smallest absolute Gasteiger partial charge is 0.257 e. The number of nitrogens with one attached hydrogen (secondary N) is 1. The molecule has 0 radical (unpaired) electrons. The molecular formula is C13H20N2O2. The quantitative estimate of drug-likeness (QED) is 0.704. The van der Waals surface area contributed by atoms with Gasteiger partial charge in [0.1, 0.15) is 5.75 Å². The Balaban J connectivity index is 2.27. The van der Waals surface area contributed by atoms with Crippen LogP contribution >= 0.6 is 0 Å². The van der Waals surface area contributed by atoms with Crippen LogP contribution in [0.25, 0.3) is 0 Å². The van der Waals surface area contributed by atoms with Crippen molar-refractivity contribution in [3.8, 4) is 5.75 Å². The number of hydrogen-bond acceptors (Lipinski definition) is 3. The average molecular weight is 236 g/mol. The molecule has 0 atom stereocenters. The minimum absolute atomic E-state index is 0.0612. The minimum Gasteiger partial charge on any atom is -0.484 e. The molecule has 0 spiro atoms. The van der Waals surface area contributed by atoms with Crippen molar-refractivity contribution < 1.29 is 9.53 Å². The van der Waals surface area contributed by atoms with Gasteiger partial charge in [-0.15, -0.1) is 0 Å². The number of carbonyl (C=O) groups is 1. The van der Waals surface area contributed by atoms with Gasteiger partial charge in [-0.2, -0.15) is 0 Å². The summed E-state index contributed by atoms with van der Waals surface area (Å²) >= 11 is 0. The van der Waals surface area contributed by atoms with Crippen LogP contribution in [-0.4, -0.2) is 19.1 Å². The second-order valence-corrected chi connectivity index (χ2v) is 3.84. The summed E-state index contributed by atoms with van der Waals surface area (Å²) in [6.45, 7) is 3.37. The summed E-state index contributed by atoms with van der Waals surface area (Å²) in [6, 6.07) is 7.43. The fourth-order valence-corrected chi connectivity index (χ4v) is 1.33. The van der Waals surface area contributed by atoms with Crippen molar-refractivity contribution in [2.75, 3.05) is 13.2 Å².